The molecule has 7 nitrogen and oxygen atoms in total. The second-order valence-electron chi connectivity index (χ2n) is 5.76. The van der Waals surface area contributed by atoms with Crippen molar-refractivity contribution in [3.63, 3.8) is 0 Å². The molecule has 0 atom stereocenters. The van der Waals surface area contributed by atoms with E-state index < -0.39 is 0 Å². The van der Waals surface area contributed by atoms with E-state index in [0.29, 0.717) is 16.7 Å². The summed E-state index contributed by atoms with van der Waals surface area (Å²) >= 11 is 1.23. The molecule has 1 amide bonds. The standard InChI is InChI=1S/C19H21N5O2S/c1-3-13-7-4-5-10-16(13)21-17(25)12-27-19-23-22-18(24(19)20)14-8-6-9-15(11-14)26-2/h4-11H,3,12,20H2,1-2H3,(H,21,25). The number of methoxy groups -OCH3 is 1. The van der Waals surface area contributed by atoms with Crippen LogP contribution in [0.5, 0.6) is 5.75 Å². The highest BCUT2D eigenvalue weighted by Crippen LogP contribution is 2.25. The van der Waals surface area contributed by atoms with Gasteiger partial charge in [0.2, 0.25) is 11.1 Å². The van der Waals surface area contributed by atoms with Crippen molar-refractivity contribution in [2.24, 2.45) is 0 Å². The van der Waals surface area contributed by atoms with Crippen LogP contribution in [0, 0.1) is 0 Å². The summed E-state index contributed by atoms with van der Waals surface area (Å²) in [6.45, 7) is 2.05. The van der Waals surface area contributed by atoms with Crippen molar-refractivity contribution in [1.29, 1.82) is 0 Å². The maximum atomic E-state index is 12.3. The first kappa shape index (κ1) is 18.8. The lowest BCUT2D eigenvalue weighted by Crippen LogP contribution is -2.17. The lowest BCUT2D eigenvalue weighted by atomic mass is 10.1. The van der Waals surface area contributed by atoms with E-state index in [1.54, 1.807) is 7.11 Å². The maximum Gasteiger partial charge on any atom is 0.234 e. The molecule has 1 heterocycles. The van der Waals surface area contributed by atoms with Crippen LogP contribution >= 0.6 is 11.8 Å². The van der Waals surface area contributed by atoms with Crippen LogP contribution in [-0.4, -0.2) is 33.6 Å². The molecule has 140 valence electrons. The monoisotopic (exact) mass is 383 g/mol. The third kappa shape index (κ3) is 4.40. The fraction of sp³-hybridized carbons (Fsp3) is 0.211. The van der Waals surface area contributed by atoms with E-state index in [4.69, 9.17) is 10.6 Å². The van der Waals surface area contributed by atoms with Gasteiger partial charge in [-0.1, -0.05) is 49.0 Å². The van der Waals surface area contributed by atoms with Gasteiger partial charge in [0.1, 0.15) is 5.75 Å². The number of amides is 1. The molecule has 1 aromatic heterocycles. The minimum Gasteiger partial charge on any atom is -0.497 e. The molecule has 8 heteroatoms. The lowest BCUT2D eigenvalue weighted by molar-refractivity contribution is -0.113. The topological polar surface area (TPSA) is 95.1 Å². The van der Waals surface area contributed by atoms with Gasteiger partial charge in [0.05, 0.1) is 12.9 Å². The average molecular weight is 383 g/mol. The number of anilines is 1. The van der Waals surface area contributed by atoms with Crippen molar-refractivity contribution < 1.29 is 9.53 Å². The fourth-order valence-electron chi connectivity index (χ4n) is 2.60. The van der Waals surface area contributed by atoms with Gasteiger partial charge in [-0.2, -0.15) is 0 Å². The molecule has 0 fully saturated rings. The van der Waals surface area contributed by atoms with Crippen molar-refractivity contribution in [3.8, 4) is 17.1 Å². The van der Waals surface area contributed by atoms with E-state index in [2.05, 4.69) is 22.4 Å². The third-order valence-corrected chi connectivity index (χ3v) is 4.94. The number of nitrogen functional groups attached to an aromatic ring is 1. The first-order chi connectivity index (χ1) is 13.1. The Morgan fingerprint density at radius 3 is 2.81 bits per heavy atom. The van der Waals surface area contributed by atoms with E-state index in [-0.39, 0.29) is 11.7 Å². The van der Waals surface area contributed by atoms with Crippen LogP contribution in [0.1, 0.15) is 12.5 Å². The Labute approximate surface area is 161 Å². The number of aromatic nitrogens is 3. The average Bonchev–Trinajstić information content (AvgIpc) is 3.07. The summed E-state index contributed by atoms with van der Waals surface area (Å²) in [5.74, 6) is 7.39. The number of nitrogens with two attached hydrogens (primary N) is 1. The number of benzene rings is 2. The van der Waals surface area contributed by atoms with Crippen LogP contribution in [0.3, 0.4) is 0 Å². The largest absolute Gasteiger partial charge is 0.497 e. The number of hydrogen-bond donors (Lipinski definition) is 2. The van der Waals surface area contributed by atoms with Gasteiger partial charge in [-0.15, -0.1) is 10.2 Å². The number of carbonyl (C=O) groups excluding carboxylic acids is 1. The quantitative estimate of drug-likeness (QED) is 0.481. The number of thioether (sulfide) groups is 1. The summed E-state index contributed by atoms with van der Waals surface area (Å²) < 4.78 is 6.60. The molecule has 0 bridgehead atoms. The van der Waals surface area contributed by atoms with Gasteiger partial charge < -0.3 is 15.9 Å². The van der Waals surface area contributed by atoms with Crippen LogP contribution < -0.4 is 15.9 Å². The second kappa shape index (κ2) is 8.59. The molecule has 0 saturated heterocycles. The number of rotatable bonds is 7. The third-order valence-electron chi connectivity index (χ3n) is 4.00. The van der Waals surface area contributed by atoms with Crippen LogP contribution in [-0.2, 0) is 11.2 Å². The van der Waals surface area contributed by atoms with E-state index in [1.807, 2.05) is 48.5 Å². The van der Waals surface area contributed by atoms with Gasteiger partial charge >= 0.3 is 0 Å². The minimum absolute atomic E-state index is 0.119. The number of nitrogens with one attached hydrogen (secondary N) is 1. The molecular formula is C19H21N5O2S. The second-order valence-corrected chi connectivity index (χ2v) is 6.70. The van der Waals surface area contributed by atoms with E-state index in [1.165, 1.54) is 16.4 Å². The van der Waals surface area contributed by atoms with Gasteiger partial charge in [-0.3, -0.25) is 4.79 Å². The Balaban J connectivity index is 1.66. The molecule has 0 aliphatic heterocycles. The van der Waals surface area contributed by atoms with Gasteiger partial charge in [-0.25, -0.2) is 4.68 Å². The zero-order valence-electron chi connectivity index (χ0n) is 15.2. The van der Waals surface area contributed by atoms with Crippen LogP contribution in [0.4, 0.5) is 5.69 Å². The summed E-state index contributed by atoms with van der Waals surface area (Å²) in [7, 11) is 1.60. The molecular weight excluding hydrogens is 362 g/mol. The predicted octanol–water partition coefficient (Wildman–Crippen LogP) is 2.96. The first-order valence-corrected chi connectivity index (χ1v) is 9.46. The zero-order valence-corrected chi connectivity index (χ0v) is 16.0. The highest BCUT2D eigenvalue weighted by Gasteiger charge is 2.14. The van der Waals surface area contributed by atoms with Gasteiger partial charge in [0.15, 0.2) is 5.82 Å². The minimum atomic E-state index is -0.119. The normalized spacial score (nSPS) is 10.6. The Kier molecular flexibility index (Phi) is 5.97. The molecule has 27 heavy (non-hydrogen) atoms. The van der Waals surface area contributed by atoms with E-state index in [0.717, 1.165) is 23.2 Å². The maximum absolute atomic E-state index is 12.3. The van der Waals surface area contributed by atoms with E-state index >= 15 is 0 Å². The van der Waals surface area contributed by atoms with Crippen LogP contribution in [0.25, 0.3) is 11.4 Å². The number of nitrogens with zero attached hydrogens (tertiary/aromatic N) is 3. The lowest BCUT2D eigenvalue weighted by Gasteiger charge is -2.09. The molecule has 3 N–H and O–H groups in total. The number of carbonyl (C=O) groups is 1. The number of ether oxygens (including phenoxy) is 1. The molecule has 3 rings (SSSR count). The molecule has 0 saturated carbocycles. The Hall–Kier alpha value is -3.00. The Morgan fingerprint density at radius 2 is 2.04 bits per heavy atom. The molecule has 3 aromatic rings. The van der Waals surface area contributed by atoms with E-state index in [9.17, 15) is 4.79 Å². The highest BCUT2D eigenvalue weighted by atomic mass is 32.2. The fourth-order valence-corrected chi connectivity index (χ4v) is 3.26. The number of hydrogen-bond acceptors (Lipinski definition) is 6. The molecule has 0 aliphatic carbocycles. The Bertz CT molecular complexity index is 941. The van der Waals surface area contributed by atoms with Crippen molar-refractivity contribution >= 4 is 23.4 Å². The van der Waals surface area contributed by atoms with Crippen molar-refractivity contribution in [1.82, 2.24) is 14.9 Å². The summed E-state index contributed by atoms with van der Waals surface area (Å²) in [5.41, 5.74) is 2.72. The van der Waals surface area contributed by atoms with Crippen LogP contribution in [0.15, 0.2) is 53.7 Å². The molecule has 0 spiro atoms. The zero-order chi connectivity index (χ0) is 19.2. The summed E-state index contributed by atoms with van der Waals surface area (Å²) in [6, 6.07) is 15.2. The van der Waals surface area contributed by atoms with Crippen molar-refractivity contribution in [3.05, 3.63) is 54.1 Å². The van der Waals surface area contributed by atoms with Crippen molar-refractivity contribution in [2.75, 3.05) is 24.0 Å². The van der Waals surface area contributed by atoms with Gasteiger partial charge in [0, 0.05) is 11.3 Å². The smallest absolute Gasteiger partial charge is 0.234 e. The SMILES string of the molecule is CCc1ccccc1NC(=O)CSc1nnc(-c2cccc(OC)c2)n1N. The van der Waals surface area contributed by atoms with Gasteiger partial charge in [-0.05, 0) is 30.2 Å². The number of para-hydroxylation sites is 1. The molecule has 0 radical (unpaired) electrons. The molecule has 0 unspecified atom stereocenters. The summed E-state index contributed by atoms with van der Waals surface area (Å²) in [6.07, 6.45) is 0.852. The summed E-state index contributed by atoms with van der Waals surface area (Å²) in [4.78, 5) is 12.3. The Morgan fingerprint density at radius 1 is 1.22 bits per heavy atom. The predicted molar refractivity (Wildman–Crippen MR) is 107 cm³/mol. The van der Waals surface area contributed by atoms with Gasteiger partial charge in [0.25, 0.3) is 0 Å². The highest BCUT2D eigenvalue weighted by molar-refractivity contribution is 7.99. The van der Waals surface area contributed by atoms with Crippen LogP contribution in [0.2, 0.25) is 0 Å². The molecule has 0 aliphatic rings. The molecule has 2 aromatic carbocycles. The first-order valence-electron chi connectivity index (χ1n) is 8.47. The van der Waals surface area contributed by atoms with Crippen molar-refractivity contribution in [2.45, 2.75) is 18.5 Å². The number of aryl methyl sites for hydroxylation is 1. The summed E-state index contributed by atoms with van der Waals surface area (Å²) in [5, 5.41) is 11.6.